The molecule has 1 amide bonds. The first-order chi connectivity index (χ1) is 13.2. The molecule has 6 nitrogen and oxygen atoms in total. The molecule has 2 aromatic rings. The van der Waals surface area contributed by atoms with Gasteiger partial charge in [0.1, 0.15) is 0 Å². The second-order valence-corrected chi connectivity index (χ2v) is 7.81. The molecule has 1 saturated heterocycles. The van der Waals surface area contributed by atoms with Gasteiger partial charge in [0, 0.05) is 17.3 Å². The predicted molar refractivity (Wildman–Crippen MR) is 109 cm³/mol. The highest BCUT2D eigenvalue weighted by molar-refractivity contribution is 7.99. The number of nitrogens with one attached hydrogen (secondary N) is 1. The van der Waals surface area contributed by atoms with Crippen LogP contribution >= 0.6 is 23.4 Å². The summed E-state index contributed by atoms with van der Waals surface area (Å²) in [5, 5.41) is 12.9. The van der Waals surface area contributed by atoms with Crippen molar-refractivity contribution in [2.75, 3.05) is 25.4 Å². The minimum atomic E-state index is -0.0527. The smallest absolute Gasteiger partial charge is 0.230 e. The highest BCUT2D eigenvalue weighted by Crippen LogP contribution is 2.24. The third-order valence-corrected chi connectivity index (χ3v) is 5.56. The van der Waals surface area contributed by atoms with Crippen LogP contribution in [0.25, 0.3) is 5.69 Å². The molecular formula is C19H24ClN5OS. The van der Waals surface area contributed by atoms with Crippen LogP contribution in [0.15, 0.2) is 42.1 Å². The molecule has 144 valence electrons. The first-order valence-corrected chi connectivity index (χ1v) is 10.5. The number of thioether (sulfide) groups is 1. The van der Waals surface area contributed by atoms with Crippen molar-refractivity contribution in [3.8, 4) is 5.69 Å². The zero-order valence-corrected chi connectivity index (χ0v) is 16.8. The Morgan fingerprint density at radius 1 is 1.22 bits per heavy atom. The summed E-state index contributed by atoms with van der Waals surface area (Å²) in [6.45, 7) is 6.98. The number of carbonyl (C=O) groups excluding carboxylic acids is 1. The Morgan fingerprint density at radius 3 is 2.67 bits per heavy atom. The number of rotatable bonds is 8. The SMILES string of the molecule is C=CCNC(=O)CSc1nnc(CN2CCCCC2)n1-c1ccc(Cl)cc1. The summed E-state index contributed by atoms with van der Waals surface area (Å²) in [7, 11) is 0. The lowest BCUT2D eigenvalue weighted by molar-refractivity contribution is -0.118. The fraction of sp³-hybridized carbons (Fsp3) is 0.421. The maximum Gasteiger partial charge on any atom is 0.230 e. The first-order valence-electron chi connectivity index (χ1n) is 9.10. The number of hydrogen-bond donors (Lipinski definition) is 1. The molecule has 1 aromatic heterocycles. The summed E-state index contributed by atoms with van der Waals surface area (Å²) in [6, 6.07) is 7.61. The van der Waals surface area contributed by atoms with Gasteiger partial charge in [0.15, 0.2) is 11.0 Å². The fourth-order valence-corrected chi connectivity index (χ4v) is 3.96. The van der Waals surface area contributed by atoms with Crippen molar-refractivity contribution in [2.45, 2.75) is 31.0 Å². The zero-order valence-electron chi connectivity index (χ0n) is 15.2. The van der Waals surface area contributed by atoms with E-state index in [1.807, 2.05) is 28.8 Å². The van der Waals surface area contributed by atoms with Gasteiger partial charge in [0.25, 0.3) is 0 Å². The van der Waals surface area contributed by atoms with Crippen LogP contribution in [0.5, 0.6) is 0 Å². The zero-order chi connectivity index (χ0) is 19.1. The number of amides is 1. The molecule has 0 radical (unpaired) electrons. The Hall–Kier alpha value is -1.83. The van der Waals surface area contributed by atoms with E-state index in [0.717, 1.165) is 31.1 Å². The second-order valence-electron chi connectivity index (χ2n) is 6.43. The lowest BCUT2D eigenvalue weighted by atomic mass is 10.1. The number of carbonyl (C=O) groups is 1. The fourth-order valence-electron chi connectivity index (χ4n) is 3.03. The van der Waals surface area contributed by atoms with Gasteiger partial charge in [-0.3, -0.25) is 14.3 Å². The molecule has 27 heavy (non-hydrogen) atoms. The molecule has 3 rings (SSSR count). The van der Waals surface area contributed by atoms with Crippen molar-refractivity contribution < 1.29 is 4.79 Å². The molecule has 1 fully saturated rings. The van der Waals surface area contributed by atoms with Gasteiger partial charge in [0.05, 0.1) is 12.3 Å². The quantitative estimate of drug-likeness (QED) is 0.539. The van der Waals surface area contributed by atoms with Crippen LogP contribution in [0.3, 0.4) is 0 Å². The molecule has 1 N–H and O–H groups in total. The van der Waals surface area contributed by atoms with Crippen LogP contribution < -0.4 is 5.32 Å². The van der Waals surface area contributed by atoms with E-state index in [9.17, 15) is 4.79 Å². The average Bonchev–Trinajstić information content (AvgIpc) is 3.08. The lowest BCUT2D eigenvalue weighted by Gasteiger charge is -2.26. The number of halogens is 1. The molecule has 1 aromatic carbocycles. The minimum absolute atomic E-state index is 0.0527. The Balaban J connectivity index is 1.80. The van der Waals surface area contributed by atoms with E-state index in [1.54, 1.807) is 6.08 Å². The first kappa shape index (κ1) is 19.9. The van der Waals surface area contributed by atoms with Crippen LogP contribution in [0, 0.1) is 0 Å². The summed E-state index contributed by atoms with van der Waals surface area (Å²) in [6.07, 6.45) is 5.40. The molecule has 0 aliphatic carbocycles. The highest BCUT2D eigenvalue weighted by Gasteiger charge is 2.19. The third-order valence-electron chi connectivity index (χ3n) is 4.37. The highest BCUT2D eigenvalue weighted by atomic mass is 35.5. The van der Waals surface area contributed by atoms with Gasteiger partial charge in [0.2, 0.25) is 5.91 Å². The molecule has 0 bridgehead atoms. The van der Waals surface area contributed by atoms with E-state index < -0.39 is 0 Å². The molecule has 1 aliphatic heterocycles. The molecule has 8 heteroatoms. The Morgan fingerprint density at radius 2 is 1.96 bits per heavy atom. The average molecular weight is 406 g/mol. The Labute approximate surface area is 169 Å². The van der Waals surface area contributed by atoms with Crippen molar-refractivity contribution in [1.29, 1.82) is 0 Å². The van der Waals surface area contributed by atoms with Crippen LogP contribution in [-0.4, -0.2) is 51.0 Å². The summed E-state index contributed by atoms with van der Waals surface area (Å²) >= 11 is 7.42. The summed E-state index contributed by atoms with van der Waals surface area (Å²) in [4.78, 5) is 14.3. The van der Waals surface area contributed by atoms with Gasteiger partial charge in [-0.25, -0.2) is 0 Å². The number of piperidine rings is 1. The van der Waals surface area contributed by atoms with Crippen molar-refractivity contribution in [1.82, 2.24) is 25.0 Å². The van der Waals surface area contributed by atoms with E-state index in [-0.39, 0.29) is 11.7 Å². The molecular weight excluding hydrogens is 382 g/mol. The van der Waals surface area contributed by atoms with Crippen molar-refractivity contribution in [2.24, 2.45) is 0 Å². The number of benzene rings is 1. The number of likely N-dealkylation sites (tertiary alicyclic amines) is 1. The maximum absolute atomic E-state index is 11.9. The Kier molecular flexibility index (Phi) is 7.32. The van der Waals surface area contributed by atoms with Crippen molar-refractivity contribution in [3.05, 3.63) is 47.8 Å². The summed E-state index contributed by atoms with van der Waals surface area (Å²) < 4.78 is 2.02. The van der Waals surface area contributed by atoms with Gasteiger partial charge in [-0.15, -0.1) is 16.8 Å². The number of hydrogen-bond acceptors (Lipinski definition) is 5. The van der Waals surface area contributed by atoms with E-state index in [4.69, 9.17) is 11.6 Å². The van der Waals surface area contributed by atoms with Crippen LogP contribution in [0.4, 0.5) is 0 Å². The second kappa shape index (κ2) is 9.92. The molecule has 1 aliphatic rings. The van der Waals surface area contributed by atoms with E-state index in [0.29, 0.717) is 16.7 Å². The van der Waals surface area contributed by atoms with Gasteiger partial charge >= 0.3 is 0 Å². The van der Waals surface area contributed by atoms with E-state index in [1.165, 1.54) is 31.0 Å². The van der Waals surface area contributed by atoms with Gasteiger partial charge in [-0.1, -0.05) is 35.9 Å². The molecule has 0 saturated carbocycles. The third kappa shape index (κ3) is 5.57. The molecule has 0 atom stereocenters. The number of aromatic nitrogens is 3. The monoisotopic (exact) mass is 405 g/mol. The molecule has 0 spiro atoms. The van der Waals surface area contributed by atoms with Gasteiger partial charge < -0.3 is 5.32 Å². The largest absolute Gasteiger partial charge is 0.352 e. The van der Waals surface area contributed by atoms with Crippen molar-refractivity contribution in [3.63, 3.8) is 0 Å². The lowest BCUT2D eigenvalue weighted by Crippen LogP contribution is -2.30. The van der Waals surface area contributed by atoms with Gasteiger partial charge in [-0.05, 0) is 50.2 Å². The number of nitrogens with zero attached hydrogens (tertiary/aromatic N) is 4. The normalized spacial score (nSPS) is 14.9. The summed E-state index contributed by atoms with van der Waals surface area (Å²) in [5.41, 5.74) is 0.949. The van der Waals surface area contributed by atoms with E-state index >= 15 is 0 Å². The standard InChI is InChI=1S/C19H24ClN5OS/c1-2-10-21-18(26)14-27-19-23-22-17(13-24-11-4-3-5-12-24)25(19)16-8-6-15(20)7-9-16/h2,6-9H,1,3-5,10-14H2,(H,21,26). The molecule has 2 heterocycles. The van der Waals surface area contributed by atoms with Crippen LogP contribution in [0.1, 0.15) is 25.1 Å². The van der Waals surface area contributed by atoms with Crippen LogP contribution in [-0.2, 0) is 11.3 Å². The Bertz CT molecular complexity index is 771. The van der Waals surface area contributed by atoms with Gasteiger partial charge in [-0.2, -0.15) is 0 Å². The maximum atomic E-state index is 11.9. The van der Waals surface area contributed by atoms with Crippen molar-refractivity contribution >= 4 is 29.3 Å². The minimum Gasteiger partial charge on any atom is -0.352 e. The molecule has 0 unspecified atom stereocenters. The van der Waals surface area contributed by atoms with Crippen LogP contribution in [0.2, 0.25) is 5.02 Å². The summed E-state index contributed by atoms with van der Waals surface area (Å²) in [5.74, 6) is 1.11. The predicted octanol–water partition coefficient (Wildman–Crippen LogP) is 3.30. The van der Waals surface area contributed by atoms with E-state index in [2.05, 4.69) is 27.0 Å². The topological polar surface area (TPSA) is 63.1 Å².